The largest absolute Gasteiger partial charge is 0.508 e. The Morgan fingerprint density at radius 2 is 1.43 bits per heavy atom. The molecule has 12 heteroatoms. The van der Waals surface area contributed by atoms with Crippen LogP contribution in [0.2, 0.25) is 0 Å². The lowest BCUT2D eigenvalue weighted by atomic mass is 9.76. The fourth-order valence-corrected chi connectivity index (χ4v) is 6.14. The van der Waals surface area contributed by atoms with Crippen molar-refractivity contribution in [1.82, 2.24) is 0 Å². The minimum atomic E-state index is -0.971. The molecule has 0 amide bonds. The molecular formula is C41H56O12. The molecule has 12 nitrogen and oxygen atoms in total. The lowest BCUT2D eigenvalue weighted by molar-refractivity contribution is 0.0420. The molecule has 292 valence electrons. The molecule has 2 unspecified atom stereocenters. The van der Waals surface area contributed by atoms with Crippen LogP contribution >= 0.6 is 0 Å². The third-order valence-electron chi connectivity index (χ3n) is 8.94. The Labute approximate surface area is 311 Å². The molecule has 0 bridgehead atoms. The van der Waals surface area contributed by atoms with E-state index in [4.69, 9.17) is 19.7 Å². The van der Waals surface area contributed by atoms with Crippen molar-refractivity contribution >= 4 is 17.5 Å². The predicted octanol–water partition coefficient (Wildman–Crippen LogP) is 6.44. The van der Waals surface area contributed by atoms with Crippen LogP contribution in [-0.2, 0) is 15.9 Å². The fraction of sp³-hybridized carbons (Fsp3) is 0.463. The number of aliphatic hydroxyl groups is 3. The van der Waals surface area contributed by atoms with Gasteiger partial charge in [0.15, 0.2) is 0 Å². The summed E-state index contributed by atoms with van der Waals surface area (Å²) in [6, 6.07) is 3.54. The van der Waals surface area contributed by atoms with Crippen molar-refractivity contribution in [3.63, 3.8) is 0 Å². The summed E-state index contributed by atoms with van der Waals surface area (Å²) in [5.41, 5.74) is 2.44. The minimum Gasteiger partial charge on any atom is -0.508 e. The van der Waals surface area contributed by atoms with Gasteiger partial charge in [-0.25, -0.2) is 9.59 Å². The molecule has 2 aliphatic rings. The summed E-state index contributed by atoms with van der Waals surface area (Å²) in [4.78, 5) is 23.8. The number of phenols is 5. The van der Waals surface area contributed by atoms with E-state index in [9.17, 15) is 40.2 Å². The van der Waals surface area contributed by atoms with Gasteiger partial charge in [0.25, 0.3) is 0 Å². The molecule has 0 saturated carbocycles. The molecule has 2 aromatic rings. The number of benzene rings is 2. The van der Waals surface area contributed by atoms with Crippen molar-refractivity contribution in [2.75, 3.05) is 26.4 Å². The monoisotopic (exact) mass is 740 g/mol. The van der Waals surface area contributed by atoms with Crippen LogP contribution in [0.3, 0.4) is 0 Å². The molecule has 0 aromatic heterocycles. The molecule has 0 aliphatic heterocycles. The van der Waals surface area contributed by atoms with Crippen LogP contribution in [0.1, 0.15) is 98.6 Å². The SMILES string of the molecule is C=C(C)[C@@H]1CCC(C)C=C1c1c(O)cc(O)c(C(=O)OCCO)c1O.C=C(C)[C@H]1C=CC(C)(O)CC1.CCCc1cc(O)cc(O)c1C(=O)OCCO. The van der Waals surface area contributed by atoms with Crippen LogP contribution in [0.15, 0.2) is 60.7 Å². The zero-order chi connectivity index (χ0) is 40.0. The molecule has 4 atom stereocenters. The maximum atomic E-state index is 12.1. The maximum Gasteiger partial charge on any atom is 0.345 e. The second-order valence-corrected chi connectivity index (χ2v) is 13.8. The van der Waals surface area contributed by atoms with E-state index < -0.39 is 34.6 Å². The summed E-state index contributed by atoms with van der Waals surface area (Å²) in [6.07, 6.45) is 10.8. The number of carbonyl (C=O) groups excluding carboxylic acids is 2. The van der Waals surface area contributed by atoms with Gasteiger partial charge < -0.3 is 50.3 Å². The van der Waals surface area contributed by atoms with E-state index in [0.717, 1.165) is 49.8 Å². The molecule has 0 heterocycles. The summed E-state index contributed by atoms with van der Waals surface area (Å²) in [5, 5.41) is 76.8. The number of hydrogen-bond acceptors (Lipinski definition) is 12. The Hall–Kier alpha value is -4.78. The number of aryl methyl sites for hydroxylation is 1. The van der Waals surface area contributed by atoms with E-state index in [1.165, 1.54) is 11.6 Å². The fourth-order valence-electron chi connectivity index (χ4n) is 6.14. The van der Waals surface area contributed by atoms with Crippen LogP contribution in [0.25, 0.3) is 5.57 Å². The van der Waals surface area contributed by atoms with Gasteiger partial charge in [-0.1, -0.05) is 62.8 Å². The number of aliphatic hydroxyl groups excluding tert-OH is 2. The Morgan fingerprint density at radius 3 is 1.94 bits per heavy atom. The van der Waals surface area contributed by atoms with Crippen LogP contribution < -0.4 is 0 Å². The molecule has 0 fully saturated rings. The first-order valence-electron chi connectivity index (χ1n) is 17.7. The van der Waals surface area contributed by atoms with Crippen molar-refractivity contribution in [3.05, 3.63) is 83.0 Å². The average Bonchev–Trinajstić information content (AvgIpc) is 3.06. The standard InChI is InChI=1S/C19H24O6.C12H16O5.C10H16O/c1-10(2)12-5-4-11(3)8-13(12)16-14(21)9-15(22)17(18(16)23)19(24)25-7-6-20;1-2-3-8-6-9(14)7-10(15)11(8)12(16)17-5-4-13;1-8(2)9-4-6-10(3,11)7-5-9/h8-9,11-12,20-23H,1,4-7H2,2-3H3;6-7,13-15H,2-5H2,1H3;4,6,9,11H,1,5,7H2,2-3H3/t11?,12-;;9-,10?/m0.0/s1. The third kappa shape index (κ3) is 12.7. The normalized spacial score (nSPS) is 20.5. The van der Waals surface area contributed by atoms with E-state index in [0.29, 0.717) is 23.5 Å². The van der Waals surface area contributed by atoms with E-state index in [2.05, 4.69) is 19.2 Å². The third-order valence-corrected chi connectivity index (χ3v) is 8.94. The van der Waals surface area contributed by atoms with Crippen LogP contribution in [0.5, 0.6) is 28.7 Å². The second kappa shape index (κ2) is 20.5. The molecular weight excluding hydrogens is 684 g/mol. The highest BCUT2D eigenvalue weighted by atomic mass is 16.5. The van der Waals surface area contributed by atoms with Gasteiger partial charge in [-0.05, 0) is 81.9 Å². The van der Waals surface area contributed by atoms with Crippen molar-refractivity contribution in [1.29, 1.82) is 0 Å². The first kappa shape index (κ1) is 44.4. The number of allylic oxidation sites excluding steroid dienone is 5. The molecule has 2 aliphatic carbocycles. The highest BCUT2D eigenvalue weighted by Gasteiger charge is 2.31. The lowest BCUT2D eigenvalue weighted by Crippen LogP contribution is -2.25. The zero-order valence-electron chi connectivity index (χ0n) is 31.4. The second-order valence-electron chi connectivity index (χ2n) is 13.8. The van der Waals surface area contributed by atoms with E-state index >= 15 is 0 Å². The number of rotatable bonds is 11. The molecule has 8 N–H and O–H groups in total. The van der Waals surface area contributed by atoms with Gasteiger partial charge in [-0.15, -0.1) is 0 Å². The van der Waals surface area contributed by atoms with Gasteiger partial charge in [-0.2, -0.15) is 0 Å². The number of esters is 2. The summed E-state index contributed by atoms with van der Waals surface area (Å²) in [6.45, 7) is 16.6. The number of hydrogen-bond donors (Lipinski definition) is 8. The van der Waals surface area contributed by atoms with Crippen LogP contribution in [0, 0.1) is 17.8 Å². The van der Waals surface area contributed by atoms with Gasteiger partial charge in [-0.3, -0.25) is 0 Å². The smallest absolute Gasteiger partial charge is 0.345 e. The summed E-state index contributed by atoms with van der Waals surface area (Å²) in [7, 11) is 0. The molecule has 0 saturated heterocycles. The Kier molecular flexibility index (Phi) is 17.1. The number of ether oxygens (including phenoxy) is 2. The summed E-state index contributed by atoms with van der Waals surface area (Å²) >= 11 is 0. The number of phenolic OH excluding ortho intramolecular Hbond substituents is 5. The van der Waals surface area contributed by atoms with Gasteiger partial charge in [0.05, 0.1) is 24.4 Å². The minimum absolute atomic E-state index is 0.0538. The summed E-state index contributed by atoms with van der Waals surface area (Å²) < 4.78 is 9.54. The lowest BCUT2D eigenvalue weighted by Gasteiger charge is -2.29. The molecule has 2 aromatic carbocycles. The molecule has 53 heavy (non-hydrogen) atoms. The van der Waals surface area contributed by atoms with Crippen LogP contribution in [-0.4, -0.2) is 84.8 Å². The number of carbonyl (C=O) groups is 2. The van der Waals surface area contributed by atoms with Gasteiger partial charge in [0.2, 0.25) is 0 Å². The number of aromatic hydroxyl groups is 5. The van der Waals surface area contributed by atoms with Crippen molar-refractivity contribution in [3.8, 4) is 28.7 Å². The van der Waals surface area contributed by atoms with E-state index in [1.807, 2.05) is 46.8 Å². The Morgan fingerprint density at radius 1 is 0.849 bits per heavy atom. The average molecular weight is 741 g/mol. The molecule has 0 spiro atoms. The van der Waals surface area contributed by atoms with Crippen molar-refractivity contribution < 1.29 is 59.9 Å². The Bertz CT molecular complexity index is 1670. The van der Waals surface area contributed by atoms with Gasteiger partial charge in [0, 0.05) is 18.1 Å². The first-order chi connectivity index (χ1) is 24.9. The van der Waals surface area contributed by atoms with Crippen molar-refractivity contribution in [2.45, 2.75) is 78.7 Å². The maximum absolute atomic E-state index is 12.1. The molecule has 4 rings (SSSR count). The van der Waals surface area contributed by atoms with E-state index in [-0.39, 0.29) is 66.6 Å². The predicted molar refractivity (Wildman–Crippen MR) is 202 cm³/mol. The van der Waals surface area contributed by atoms with Crippen molar-refractivity contribution in [2.24, 2.45) is 17.8 Å². The summed E-state index contributed by atoms with van der Waals surface area (Å²) in [5.74, 6) is -2.86. The molecule has 0 radical (unpaired) electrons. The van der Waals surface area contributed by atoms with Gasteiger partial charge >= 0.3 is 11.9 Å². The highest BCUT2D eigenvalue weighted by molar-refractivity contribution is 5.99. The zero-order valence-corrected chi connectivity index (χ0v) is 31.4. The van der Waals surface area contributed by atoms with E-state index in [1.54, 1.807) is 0 Å². The first-order valence-corrected chi connectivity index (χ1v) is 17.7. The quantitative estimate of drug-likeness (QED) is 0.0924. The van der Waals surface area contributed by atoms with Crippen LogP contribution in [0.4, 0.5) is 0 Å². The van der Waals surface area contributed by atoms with Gasteiger partial charge in [0.1, 0.15) is 53.1 Å². The topological polar surface area (TPSA) is 214 Å². The Balaban J connectivity index is 0.000000299. The highest BCUT2D eigenvalue weighted by Crippen LogP contribution is 2.48.